The number of unbranched alkanes of at least 4 members (excludes halogenated alkanes) is 1. The van der Waals surface area contributed by atoms with Gasteiger partial charge in [-0.15, -0.1) is 0 Å². The Morgan fingerprint density at radius 1 is 1.43 bits per heavy atom. The van der Waals surface area contributed by atoms with Gasteiger partial charge in [0.2, 0.25) is 0 Å². The van der Waals surface area contributed by atoms with E-state index in [1.165, 1.54) is 12.8 Å². The van der Waals surface area contributed by atoms with Crippen LogP contribution in [0.1, 0.15) is 19.3 Å². The molecule has 1 aliphatic carbocycles. The molecule has 0 aliphatic heterocycles. The second-order valence-electron chi connectivity index (χ2n) is 2.04. The first-order valence-corrected chi connectivity index (χ1v) is 2.91. The third-order valence-electron chi connectivity index (χ3n) is 1.25. The van der Waals surface area contributed by atoms with Crippen LogP contribution in [0.3, 0.4) is 0 Å². The van der Waals surface area contributed by atoms with Crippen molar-refractivity contribution in [2.24, 2.45) is 5.92 Å². The lowest BCUT2D eigenvalue weighted by molar-refractivity contribution is 0.710. The molecule has 0 heteroatoms. The Morgan fingerprint density at radius 2 is 2.14 bits per heavy atom. The van der Waals surface area contributed by atoms with E-state index in [9.17, 15) is 0 Å². The van der Waals surface area contributed by atoms with Gasteiger partial charge in [0.25, 0.3) is 0 Å². The molecule has 0 N–H and O–H groups in total. The third kappa shape index (κ3) is 1.77. The lowest BCUT2D eigenvalue weighted by Gasteiger charge is -1.89. The van der Waals surface area contributed by atoms with E-state index >= 15 is 0 Å². The zero-order valence-electron chi connectivity index (χ0n) is 4.56. The molecule has 1 radical (unpaired) electrons. The lowest BCUT2D eigenvalue weighted by Crippen LogP contribution is -1.75. The Bertz CT molecular complexity index is 66.1. The van der Waals surface area contributed by atoms with E-state index in [-0.39, 0.29) is 0 Å². The highest BCUT2D eigenvalue weighted by molar-refractivity contribution is 5.12. The van der Waals surface area contributed by atoms with E-state index in [1.54, 1.807) is 0 Å². The topological polar surface area (TPSA) is 0 Å². The molecule has 0 saturated carbocycles. The fraction of sp³-hybridized carbons (Fsp3) is 0.571. The summed E-state index contributed by atoms with van der Waals surface area (Å²) in [6.07, 6.45) is 8.21. The van der Waals surface area contributed by atoms with Gasteiger partial charge in [-0.05, 0) is 12.3 Å². The molecule has 1 rings (SSSR count). The molecule has 0 nitrogen and oxygen atoms in total. The molecule has 0 saturated heterocycles. The maximum Gasteiger partial charge on any atom is -0.00531 e. The Kier molecular flexibility index (Phi) is 1.50. The van der Waals surface area contributed by atoms with E-state index in [2.05, 4.69) is 19.1 Å². The van der Waals surface area contributed by atoms with Crippen LogP contribution in [-0.4, -0.2) is 0 Å². The molecule has 0 fully saturated rings. The summed E-state index contributed by atoms with van der Waals surface area (Å²) in [5.74, 6) is 0.863. The molecular weight excluding hydrogens is 84.1 g/mol. The predicted octanol–water partition coefficient (Wildman–Crippen LogP) is 2.18. The van der Waals surface area contributed by atoms with Gasteiger partial charge in [0.05, 0.1) is 0 Å². The van der Waals surface area contributed by atoms with Gasteiger partial charge in [-0.1, -0.05) is 31.9 Å². The van der Waals surface area contributed by atoms with Crippen LogP contribution in [0.2, 0.25) is 0 Å². The largest absolute Gasteiger partial charge is 0.0810 e. The van der Waals surface area contributed by atoms with Crippen molar-refractivity contribution < 1.29 is 0 Å². The Morgan fingerprint density at radius 3 is 2.57 bits per heavy atom. The predicted molar refractivity (Wildman–Crippen MR) is 31.8 cm³/mol. The van der Waals surface area contributed by atoms with Crippen LogP contribution in [0.25, 0.3) is 0 Å². The van der Waals surface area contributed by atoms with Gasteiger partial charge in [0.15, 0.2) is 0 Å². The smallest absolute Gasteiger partial charge is 0.00531 e. The lowest BCUT2D eigenvalue weighted by atomic mass is 10.2. The molecule has 0 aromatic heterocycles. The Labute approximate surface area is 45.2 Å². The van der Waals surface area contributed by atoms with Crippen molar-refractivity contribution in [1.82, 2.24) is 0 Å². The molecule has 39 valence electrons. The maximum atomic E-state index is 3.76. The number of allylic oxidation sites excluding steroid dienone is 2. The minimum absolute atomic E-state index is 0.863. The minimum Gasteiger partial charge on any atom is -0.0810 e. The molecule has 0 amide bonds. The Balaban J connectivity index is 1.81. The first kappa shape index (κ1) is 4.89. The SMILES string of the molecule is [CH2]CCCC1C=C1. The zero-order valence-corrected chi connectivity index (χ0v) is 4.56. The number of rotatable bonds is 3. The monoisotopic (exact) mass is 95.1 g/mol. The van der Waals surface area contributed by atoms with Crippen molar-refractivity contribution in [2.45, 2.75) is 19.3 Å². The Hall–Kier alpha value is -0.260. The van der Waals surface area contributed by atoms with E-state index in [0.717, 1.165) is 12.3 Å². The van der Waals surface area contributed by atoms with Crippen molar-refractivity contribution in [1.29, 1.82) is 0 Å². The summed E-state index contributed by atoms with van der Waals surface area (Å²) in [6, 6.07) is 0. The standard InChI is InChI=1S/C7H11/c1-2-3-4-7-5-6-7/h5-7H,1-4H2. The fourth-order valence-electron chi connectivity index (χ4n) is 0.651. The quantitative estimate of drug-likeness (QED) is 0.471. The molecule has 7 heavy (non-hydrogen) atoms. The fourth-order valence-corrected chi connectivity index (χ4v) is 0.651. The summed E-state index contributed by atoms with van der Waals surface area (Å²) in [4.78, 5) is 0. The van der Waals surface area contributed by atoms with Gasteiger partial charge in [-0.2, -0.15) is 0 Å². The van der Waals surface area contributed by atoms with Crippen molar-refractivity contribution in [3.8, 4) is 0 Å². The van der Waals surface area contributed by atoms with Crippen molar-refractivity contribution >= 4 is 0 Å². The molecule has 0 unspecified atom stereocenters. The first-order chi connectivity index (χ1) is 3.43. The van der Waals surface area contributed by atoms with Gasteiger partial charge in [0.1, 0.15) is 0 Å². The van der Waals surface area contributed by atoms with Gasteiger partial charge < -0.3 is 0 Å². The van der Waals surface area contributed by atoms with E-state index in [1.807, 2.05) is 0 Å². The molecule has 0 atom stereocenters. The summed E-state index contributed by atoms with van der Waals surface area (Å²) in [5.41, 5.74) is 0. The highest BCUT2D eigenvalue weighted by Gasteiger charge is 2.07. The van der Waals surface area contributed by atoms with Crippen LogP contribution in [0.4, 0.5) is 0 Å². The first-order valence-electron chi connectivity index (χ1n) is 2.91. The van der Waals surface area contributed by atoms with Gasteiger partial charge in [0, 0.05) is 0 Å². The molecule has 0 aromatic rings. The van der Waals surface area contributed by atoms with Crippen molar-refractivity contribution in [3.05, 3.63) is 19.1 Å². The molecule has 0 bridgehead atoms. The van der Waals surface area contributed by atoms with Crippen LogP contribution in [-0.2, 0) is 0 Å². The average Bonchev–Trinajstić information content (AvgIpc) is 2.42. The molecule has 0 heterocycles. The normalized spacial score (nSPS) is 17.9. The summed E-state index contributed by atoms with van der Waals surface area (Å²) in [6.45, 7) is 3.76. The number of hydrogen-bond acceptors (Lipinski definition) is 0. The molecule has 1 aliphatic rings. The van der Waals surface area contributed by atoms with Gasteiger partial charge in [-0.3, -0.25) is 0 Å². The van der Waals surface area contributed by atoms with Crippen LogP contribution >= 0.6 is 0 Å². The van der Waals surface area contributed by atoms with Gasteiger partial charge in [-0.25, -0.2) is 0 Å². The molecule has 0 aromatic carbocycles. The van der Waals surface area contributed by atoms with Crippen LogP contribution in [0, 0.1) is 12.8 Å². The third-order valence-corrected chi connectivity index (χ3v) is 1.25. The highest BCUT2D eigenvalue weighted by atomic mass is 14.1. The molecule has 0 spiro atoms. The zero-order chi connectivity index (χ0) is 5.11. The van der Waals surface area contributed by atoms with E-state index in [0.29, 0.717) is 0 Å². The maximum absolute atomic E-state index is 3.76. The highest BCUT2D eigenvalue weighted by Crippen LogP contribution is 2.21. The second-order valence-corrected chi connectivity index (χ2v) is 2.04. The van der Waals surface area contributed by atoms with Crippen molar-refractivity contribution in [3.63, 3.8) is 0 Å². The minimum atomic E-state index is 0.863. The summed E-state index contributed by atoms with van der Waals surface area (Å²) >= 11 is 0. The second kappa shape index (κ2) is 2.15. The molecular formula is C7H11. The summed E-state index contributed by atoms with van der Waals surface area (Å²) in [5, 5.41) is 0. The average molecular weight is 95.2 g/mol. The van der Waals surface area contributed by atoms with Crippen LogP contribution in [0.5, 0.6) is 0 Å². The van der Waals surface area contributed by atoms with E-state index in [4.69, 9.17) is 0 Å². The van der Waals surface area contributed by atoms with Crippen LogP contribution in [0.15, 0.2) is 12.2 Å². The summed E-state index contributed by atoms with van der Waals surface area (Å²) < 4.78 is 0. The van der Waals surface area contributed by atoms with E-state index < -0.39 is 0 Å². The summed E-state index contributed by atoms with van der Waals surface area (Å²) in [7, 11) is 0. The van der Waals surface area contributed by atoms with Crippen molar-refractivity contribution in [2.75, 3.05) is 0 Å². The number of hydrogen-bond donors (Lipinski definition) is 0. The van der Waals surface area contributed by atoms with Gasteiger partial charge >= 0.3 is 0 Å². The van der Waals surface area contributed by atoms with Crippen LogP contribution < -0.4 is 0 Å².